The molecule has 1 fully saturated rings. The standard InChI is InChI=1S/C16H29BrN4/c1-4-14-16(17)15(21(6-3)19-14)12-20(5-2)11-13-8-7-9-18-10-13/h13,18H,4-12H2,1-3H3. The largest absolute Gasteiger partial charge is 0.316 e. The molecule has 0 bridgehead atoms. The van der Waals surface area contributed by atoms with E-state index >= 15 is 0 Å². The molecule has 1 aliphatic rings. The summed E-state index contributed by atoms with van der Waals surface area (Å²) in [5.74, 6) is 0.793. The lowest BCUT2D eigenvalue weighted by molar-refractivity contribution is 0.204. The molecule has 5 heteroatoms. The molecule has 2 heterocycles. The molecule has 1 saturated heterocycles. The smallest absolute Gasteiger partial charge is 0.0767 e. The number of nitrogens with zero attached hydrogens (tertiary/aromatic N) is 3. The molecular formula is C16H29BrN4. The Morgan fingerprint density at radius 3 is 2.76 bits per heavy atom. The van der Waals surface area contributed by atoms with Gasteiger partial charge in [-0.1, -0.05) is 13.8 Å². The molecule has 0 aliphatic carbocycles. The van der Waals surface area contributed by atoms with Gasteiger partial charge in [0.15, 0.2) is 0 Å². The van der Waals surface area contributed by atoms with Crippen LogP contribution in [0.25, 0.3) is 0 Å². The molecule has 1 aromatic rings. The summed E-state index contributed by atoms with van der Waals surface area (Å²) < 4.78 is 3.37. The number of aryl methyl sites for hydroxylation is 2. The molecule has 1 aliphatic heterocycles. The third-order valence-electron chi connectivity index (χ3n) is 4.43. The molecule has 1 atom stereocenters. The Morgan fingerprint density at radius 1 is 1.38 bits per heavy atom. The fourth-order valence-corrected chi connectivity index (χ4v) is 3.82. The first-order chi connectivity index (χ1) is 10.2. The van der Waals surface area contributed by atoms with Crippen molar-refractivity contribution in [2.45, 2.75) is 53.1 Å². The van der Waals surface area contributed by atoms with Crippen LogP contribution in [-0.2, 0) is 19.5 Å². The maximum Gasteiger partial charge on any atom is 0.0767 e. The minimum atomic E-state index is 0.793. The molecule has 1 aromatic heterocycles. The van der Waals surface area contributed by atoms with E-state index in [1.165, 1.54) is 48.3 Å². The molecule has 1 N–H and O–H groups in total. The Kier molecular flexibility index (Phi) is 6.71. The second-order valence-corrected chi connectivity index (χ2v) is 6.71. The van der Waals surface area contributed by atoms with Crippen LogP contribution in [0.4, 0.5) is 0 Å². The zero-order valence-electron chi connectivity index (χ0n) is 13.7. The van der Waals surface area contributed by atoms with Gasteiger partial charge in [-0.25, -0.2) is 0 Å². The third kappa shape index (κ3) is 4.30. The summed E-state index contributed by atoms with van der Waals surface area (Å²) in [6.45, 7) is 13.2. The summed E-state index contributed by atoms with van der Waals surface area (Å²) in [6.07, 6.45) is 3.66. The second-order valence-electron chi connectivity index (χ2n) is 5.92. The minimum absolute atomic E-state index is 0.793. The van der Waals surface area contributed by atoms with Crippen molar-refractivity contribution < 1.29 is 0 Å². The lowest BCUT2D eigenvalue weighted by Gasteiger charge is -2.29. The van der Waals surface area contributed by atoms with Crippen LogP contribution in [0.3, 0.4) is 0 Å². The third-order valence-corrected chi connectivity index (χ3v) is 5.35. The highest BCUT2D eigenvalue weighted by Gasteiger charge is 2.20. The Morgan fingerprint density at radius 2 is 2.19 bits per heavy atom. The monoisotopic (exact) mass is 356 g/mol. The Hall–Kier alpha value is -0.390. The van der Waals surface area contributed by atoms with Crippen molar-refractivity contribution in [3.8, 4) is 0 Å². The zero-order chi connectivity index (χ0) is 15.2. The Labute approximate surface area is 137 Å². The molecule has 0 aromatic carbocycles. The summed E-state index contributed by atoms with van der Waals surface area (Å²) in [6, 6.07) is 0. The van der Waals surface area contributed by atoms with Gasteiger partial charge in [0.25, 0.3) is 0 Å². The van der Waals surface area contributed by atoms with E-state index in [0.29, 0.717) is 0 Å². The maximum atomic E-state index is 4.71. The quantitative estimate of drug-likeness (QED) is 0.814. The van der Waals surface area contributed by atoms with Crippen LogP contribution < -0.4 is 5.32 Å². The van der Waals surface area contributed by atoms with Gasteiger partial charge in [0, 0.05) is 19.6 Å². The summed E-state index contributed by atoms with van der Waals surface area (Å²) in [5.41, 5.74) is 2.52. The van der Waals surface area contributed by atoms with E-state index in [9.17, 15) is 0 Å². The van der Waals surface area contributed by atoms with Gasteiger partial charge in [-0.3, -0.25) is 9.58 Å². The molecule has 120 valence electrons. The van der Waals surface area contributed by atoms with Gasteiger partial charge in [0.1, 0.15) is 0 Å². The molecule has 1 unspecified atom stereocenters. The molecule has 0 amide bonds. The van der Waals surface area contributed by atoms with Crippen LogP contribution in [0.5, 0.6) is 0 Å². The first-order valence-corrected chi connectivity index (χ1v) is 9.15. The van der Waals surface area contributed by atoms with Crippen molar-refractivity contribution in [1.82, 2.24) is 20.0 Å². The number of hydrogen-bond donors (Lipinski definition) is 1. The average molecular weight is 357 g/mol. The summed E-state index contributed by atoms with van der Waals surface area (Å²) in [5, 5.41) is 8.23. The normalized spacial score (nSPS) is 19.4. The Bertz CT molecular complexity index is 438. The highest BCUT2D eigenvalue weighted by molar-refractivity contribution is 9.10. The average Bonchev–Trinajstić information content (AvgIpc) is 2.83. The number of piperidine rings is 1. The van der Waals surface area contributed by atoms with E-state index in [2.05, 4.69) is 51.6 Å². The molecule has 21 heavy (non-hydrogen) atoms. The molecule has 0 spiro atoms. The van der Waals surface area contributed by atoms with Gasteiger partial charge in [0.05, 0.1) is 15.9 Å². The topological polar surface area (TPSA) is 33.1 Å². The minimum Gasteiger partial charge on any atom is -0.316 e. The molecule has 4 nitrogen and oxygen atoms in total. The number of halogens is 1. The lowest BCUT2D eigenvalue weighted by atomic mass is 9.99. The second kappa shape index (κ2) is 8.30. The van der Waals surface area contributed by atoms with E-state index in [-0.39, 0.29) is 0 Å². The molecule has 2 rings (SSSR count). The van der Waals surface area contributed by atoms with Crippen molar-refractivity contribution in [3.05, 3.63) is 15.9 Å². The van der Waals surface area contributed by atoms with Crippen LogP contribution in [0, 0.1) is 5.92 Å². The molecule has 0 radical (unpaired) electrons. The van der Waals surface area contributed by atoms with Gasteiger partial charge < -0.3 is 5.32 Å². The fourth-order valence-electron chi connectivity index (χ4n) is 3.13. The summed E-state index contributed by atoms with van der Waals surface area (Å²) in [7, 11) is 0. The van der Waals surface area contributed by atoms with E-state index in [0.717, 1.165) is 32.0 Å². The van der Waals surface area contributed by atoms with Gasteiger partial charge in [-0.2, -0.15) is 5.10 Å². The number of nitrogens with one attached hydrogen (secondary N) is 1. The van der Waals surface area contributed by atoms with Gasteiger partial charge in [-0.05, 0) is 67.7 Å². The maximum absolute atomic E-state index is 4.71. The fraction of sp³-hybridized carbons (Fsp3) is 0.812. The zero-order valence-corrected chi connectivity index (χ0v) is 15.2. The first kappa shape index (κ1) is 17.0. The molecular weight excluding hydrogens is 328 g/mol. The van der Waals surface area contributed by atoms with E-state index < -0.39 is 0 Å². The van der Waals surface area contributed by atoms with Crippen molar-refractivity contribution in [2.24, 2.45) is 5.92 Å². The van der Waals surface area contributed by atoms with E-state index in [1.807, 2.05) is 0 Å². The van der Waals surface area contributed by atoms with Crippen LogP contribution >= 0.6 is 15.9 Å². The predicted octanol–water partition coefficient (Wildman–Crippen LogP) is 3.05. The lowest BCUT2D eigenvalue weighted by Crippen LogP contribution is -2.38. The van der Waals surface area contributed by atoms with Gasteiger partial charge in [0.2, 0.25) is 0 Å². The van der Waals surface area contributed by atoms with E-state index in [1.54, 1.807) is 0 Å². The first-order valence-electron chi connectivity index (χ1n) is 8.36. The van der Waals surface area contributed by atoms with Gasteiger partial charge >= 0.3 is 0 Å². The number of hydrogen-bond acceptors (Lipinski definition) is 3. The van der Waals surface area contributed by atoms with Gasteiger partial charge in [-0.15, -0.1) is 0 Å². The SMILES string of the molecule is CCc1nn(CC)c(CN(CC)CC2CCCNC2)c1Br. The number of aromatic nitrogens is 2. The molecule has 0 saturated carbocycles. The number of rotatable bonds is 7. The van der Waals surface area contributed by atoms with Crippen LogP contribution in [0.15, 0.2) is 4.47 Å². The van der Waals surface area contributed by atoms with Crippen molar-refractivity contribution in [1.29, 1.82) is 0 Å². The van der Waals surface area contributed by atoms with Crippen molar-refractivity contribution in [2.75, 3.05) is 26.2 Å². The van der Waals surface area contributed by atoms with Crippen LogP contribution in [-0.4, -0.2) is 40.9 Å². The summed E-state index contributed by atoms with van der Waals surface area (Å²) in [4.78, 5) is 2.56. The predicted molar refractivity (Wildman–Crippen MR) is 91.5 cm³/mol. The van der Waals surface area contributed by atoms with Crippen LogP contribution in [0.1, 0.15) is 45.0 Å². The highest BCUT2D eigenvalue weighted by atomic mass is 79.9. The Balaban J connectivity index is 2.05. The van der Waals surface area contributed by atoms with Crippen molar-refractivity contribution >= 4 is 15.9 Å². The van der Waals surface area contributed by atoms with Crippen LogP contribution in [0.2, 0.25) is 0 Å². The highest BCUT2D eigenvalue weighted by Crippen LogP contribution is 2.24. The summed E-state index contributed by atoms with van der Waals surface area (Å²) >= 11 is 3.76. The van der Waals surface area contributed by atoms with Crippen molar-refractivity contribution in [3.63, 3.8) is 0 Å². The van der Waals surface area contributed by atoms with E-state index in [4.69, 9.17) is 5.10 Å².